The molecule has 2 N–H and O–H groups in total. The molecular weight excluding hydrogens is 390 g/mol. The van der Waals surface area contributed by atoms with Gasteiger partial charge in [0, 0.05) is 11.4 Å². The van der Waals surface area contributed by atoms with Crippen LogP contribution in [0.5, 0.6) is 0 Å². The molecule has 8 heteroatoms. The highest BCUT2D eigenvalue weighted by molar-refractivity contribution is 8.02. The van der Waals surface area contributed by atoms with E-state index in [-0.39, 0.29) is 11.2 Å². The van der Waals surface area contributed by atoms with Gasteiger partial charge >= 0.3 is 0 Å². The van der Waals surface area contributed by atoms with Gasteiger partial charge in [0.05, 0.1) is 16.9 Å². The lowest BCUT2D eigenvalue weighted by molar-refractivity contribution is -0.115. The largest absolute Gasteiger partial charge is 0.330 e. The smallest absolute Gasteiger partial charge is 0.237 e. The summed E-state index contributed by atoms with van der Waals surface area (Å²) in [6.45, 7) is 3.94. The van der Waals surface area contributed by atoms with E-state index < -0.39 is 0 Å². The molecule has 0 radical (unpaired) electrons. The number of amides is 1. The summed E-state index contributed by atoms with van der Waals surface area (Å²) < 4.78 is 0.718. The zero-order chi connectivity index (χ0) is 19.9. The first kappa shape index (κ1) is 19.9. The molecule has 1 heterocycles. The van der Waals surface area contributed by atoms with Crippen molar-refractivity contribution in [1.29, 1.82) is 5.26 Å². The molecular formula is C20H19N5OS2. The summed E-state index contributed by atoms with van der Waals surface area (Å²) in [6, 6.07) is 17.0. The van der Waals surface area contributed by atoms with Crippen molar-refractivity contribution in [3.05, 3.63) is 59.7 Å². The third-order valence-electron chi connectivity index (χ3n) is 3.95. The predicted molar refractivity (Wildman–Crippen MR) is 114 cm³/mol. The Morgan fingerprint density at radius 2 is 1.82 bits per heavy atom. The van der Waals surface area contributed by atoms with Gasteiger partial charge in [0.1, 0.15) is 0 Å². The maximum absolute atomic E-state index is 12.4. The molecule has 1 atom stereocenters. The highest BCUT2D eigenvalue weighted by atomic mass is 32.2. The molecule has 0 spiro atoms. The number of carbonyl (C=O) groups is 1. The van der Waals surface area contributed by atoms with E-state index in [1.165, 1.54) is 28.7 Å². The fourth-order valence-electron chi connectivity index (χ4n) is 2.33. The molecule has 3 rings (SSSR count). The number of aryl methyl sites for hydroxylation is 1. The Labute approximate surface area is 172 Å². The normalized spacial score (nSPS) is 11.5. The van der Waals surface area contributed by atoms with Crippen LogP contribution in [0.1, 0.15) is 25.0 Å². The maximum atomic E-state index is 12.4. The van der Waals surface area contributed by atoms with Gasteiger partial charge in [-0.1, -0.05) is 42.2 Å². The maximum Gasteiger partial charge on any atom is 0.237 e. The highest BCUT2D eigenvalue weighted by Crippen LogP contribution is 2.31. The van der Waals surface area contributed by atoms with E-state index in [9.17, 15) is 4.79 Å². The van der Waals surface area contributed by atoms with Crippen LogP contribution >= 0.6 is 23.1 Å². The number of nitrogens with zero attached hydrogens (tertiary/aromatic N) is 3. The number of benzene rings is 2. The number of aromatic nitrogens is 2. The predicted octanol–water partition coefficient (Wildman–Crippen LogP) is 4.84. The third kappa shape index (κ3) is 5.31. The average Bonchev–Trinajstić information content (AvgIpc) is 3.15. The van der Waals surface area contributed by atoms with Gasteiger partial charge in [-0.2, -0.15) is 5.26 Å². The zero-order valence-corrected chi connectivity index (χ0v) is 17.1. The van der Waals surface area contributed by atoms with E-state index in [0.29, 0.717) is 16.4 Å². The minimum atomic E-state index is -0.333. The molecule has 2 aromatic carbocycles. The Kier molecular flexibility index (Phi) is 6.63. The molecule has 3 aromatic rings. The topological polar surface area (TPSA) is 90.7 Å². The van der Waals surface area contributed by atoms with Crippen molar-refractivity contribution in [2.24, 2.45) is 0 Å². The summed E-state index contributed by atoms with van der Waals surface area (Å²) in [5.41, 5.74) is 3.45. The van der Waals surface area contributed by atoms with Crippen molar-refractivity contribution >= 4 is 45.5 Å². The third-order valence-corrected chi connectivity index (χ3v) is 5.97. The lowest BCUT2D eigenvalue weighted by Crippen LogP contribution is -2.22. The fraction of sp³-hybridized carbons (Fsp3) is 0.200. The van der Waals surface area contributed by atoms with Gasteiger partial charge in [0.15, 0.2) is 4.34 Å². The molecule has 0 bridgehead atoms. The molecule has 1 amide bonds. The Bertz CT molecular complexity index is 977. The molecule has 6 nitrogen and oxygen atoms in total. The molecule has 0 fully saturated rings. The van der Waals surface area contributed by atoms with Crippen molar-refractivity contribution in [2.75, 3.05) is 10.6 Å². The van der Waals surface area contributed by atoms with Gasteiger partial charge in [-0.15, -0.1) is 10.2 Å². The van der Waals surface area contributed by atoms with Gasteiger partial charge in [0.25, 0.3) is 0 Å². The molecule has 0 unspecified atom stereocenters. The molecule has 0 aliphatic rings. The standard InChI is InChI=1S/C20H19N5OS2/c1-3-14-4-8-17(9-5-14)23-19-24-25-20(28-19)27-13(2)18(26)22-16-10-6-15(12-21)7-11-16/h4-11,13H,3H2,1-2H3,(H,22,26)(H,23,24)/t13-/m1/s1. The second-order valence-corrected chi connectivity index (χ2v) is 8.55. The lowest BCUT2D eigenvalue weighted by atomic mass is 10.1. The summed E-state index contributed by atoms with van der Waals surface area (Å²) in [4.78, 5) is 12.4. The van der Waals surface area contributed by atoms with E-state index in [4.69, 9.17) is 5.26 Å². The first-order chi connectivity index (χ1) is 13.6. The second-order valence-electron chi connectivity index (χ2n) is 5.99. The Balaban J connectivity index is 1.55. The van der Waals surface area contributed by atoms with Crippen LogP contribution in [0.4, 0.5) is 16.5 Å². The van der Waals surface area contributed by atoms with E-state index in [2.05, 4.69) is 46.0 Å². The van der Waals surface area contributed by atoms with Crippen molar-refractivity contribution in [1.82, 2.24) is 10.2 Å². The SMILES string of the molecule is CCc1ccc(Nc2nnc(S[C@H](C)C(=O)Nc3ccc(C#N)cc3)s2)cc1. The number of nitriles is 1. The van der Waals surface area contributed by atoms with Crippen LogP contribution in [0, 0.1) is 11.3 Å². The number of thioether (sulfide) groups is 1. The van der Waals surface area contributed by atoms with E-state index in [1.807, 2.05) is 19.1 Å². The summed E-state index contributed by atoms with van der Waals surface area (Å²) in [5.74, 6) is -0.130. The number of rotatable bonds is 7. The summed E-state index contributed by atoms with van der Waals surface area (Å²) in [7, 11) is 0. The van der Waals surface area contributed by atoms with E-state index >= 15 is 0 Å². The van der Waals surface area contributed by atoms with Crippen molar-refractivity contribution in [3.8, 4) is 6.07 Å². The Morgan fingerprint density at radius 1 is 1.14 bits per heavy atom. The highest BCUT2D eigenvalue weighted by Gasteiger charge is 2.17. The van der Waals surface area contributed by atoms with E-state index in [0.717, 1.165) is 16.4 Å². The van der Waals surface area contributed by atoms with Crippen LogP contribution in [-0.2, 0) is 11.2 Å². The lowest BCUT2D eigenvalue weighted by Gasteiger charge is -2.10. The van der Waals surface area contributed by atoms with Crippen LogP contribution in [-0.4, -0.2) is 21.4 Å². The fourth-order valence-corrected chi connectivity index (χ4v) is 4.25. The van der Waals surface area contributed by atoms with Gasteiger partial charge in [-0.25, -0.2) is 0 Å². The second kappa shape index (κ2) is 9.35. The molecule has 1 aromatic heterocycles. The van der Waals surface area contributed by atoms with Crippen molar-refractivity contribution in [2.45, 2.75) is 29.9 Å². The zero-order valence-electron chi connectivity index (χ0n) is 15.5. The van der Waals surface area contributed by atoms with Crippen molar-refractivity contribution < 1.29 is 4.79 Å². The Hall–Kier alpha value is -2.89. The molecule has 28 heavy (non-hydrogen) atoms. The minimum Gasteiger partial charge on any atom is -0.330 e. The number of hydrogen-bond acceptors (Lipinski definition) is 7. The molecule has 0 aliphatic carbocycles. The minimum absolute atomic E-state index is 0.130. The Morgan fingerprint density at radius 3 is 2.46 bits per heavy atom. The van der Waals surface area contributed by atoms with Crippen LogP contribution in [0.25, 0.3) is 0 Å². The van der Waals surface area contributed by atoms with Gasteiger partial charge < -0.3 is 10.6 Å². The molecule has 0 saturated heterocycles. The van der Waals surface area contributed by atoms with Crippen molar-refractivity contribution in [3.63, 3.8) is 0 Å². The first-order valence-corrected chi connectivity index (χ1v) is 10.4. The van der Waals surface area contributed by atoms with Gasteiger partial charge in [-0.05, 0) is 55.3 Å². The van der Waals surface area contributed by atoms with Crippen LogP contribution < -0.4 is 10.6 Å². The molecule has 0 saturated carbocycles. The van der Waals surface area contributed by atoms with E-state index in [1.54, 1.807) is 24.3 Å². The average molecular weight is 410 g/mol. The number of hydrogen-bond donors (Lipinski definition) is 2. The molecule has 0 aliphatic heterocycles. The van der Waals surface area contributed by atoms with Crippen LogP contribution in [0.2, 0.25) is 0 Å². The van der Waals surface area contributed by atoms with Crippen LogP contribution in [0.3, 0.4) is 0 Å². The summed E-state index contributed by atoms with van der Waals surface area (Å²) in [5, 5.41) is 23.5. The first-order valence-electron chi connectivity index (χ1n) is 8.74. The molecule has 142 valence electrons. The van der Waals surface area contributed by atoms with Gasteiger partial charge in [0.2, 0.25) is 11.0 Å². The van der Waals surface area contributed by atoms with Crippen LogP contribution in [0.15, 0.2) is 52.9 Å². The number of carbonyl (C=O) groups excluding carboxylic acids is 1. The summed E-state index contributed by atoms with van der Waals surface area (Å²) >= 11 is 2.76. The summed E-state index contributed by atoms with van der Waals surface area (Å²) in [6.07, 6.45) is 1.00. The quantitative estimate of drug-likeness (QED) is 0.543. The number of anilines is 3. The monoisotopic (exact) mass is 409 g/mol. The van der Waals surface area contributed by atoms with Gasteiger partial charge in [-0.3, -0.25) is 4.79 Å². The number of nitrogens with one attached hydrogen (secondary N) is 2.